The molecule has 5 nitrogen and oxygen atoms in total. The number of nitrogens with zero attached hydrogens (tertiary/aromatic N) is 3. The maximum atomic E-state index is 13.0. The van der Waals surface area contributed by atoms with Gasteiger partial charge < -0.3 is 4.57 Å². The number of rotatable bonds is 4. The van der Waals surface area contributed by atoms with Gasteiger partial charge in [0, 0.05) is 30.4 Å². The summed E-state index contributed by atoms with van der Waals surface area (Å²) in [6.07, 6.45) is 6.08. The van der Waals surface area contributed by atoms with E-state index >= 15 is 0 Å². The highest BCUT2D eigenvalue weighted by molar-refractivity contribution is 7.89. The van der Waals surface area contributed by atoms with E-state index < -0.39 is 10.0 Å². The van der Waals surface area contributed by atoms with Crippen LogP contribution in [0.3, 0.4) is 0 Å². The molecule has 1 fully saturated rings. The van der Waals surface area contributed by atoms with Crippen LogP contribution in [0.1, 0.15) is 50.6 Å². The van der Waals surface area contributed by atoms with E-state index in [0.717, 1.165) is 24.8 Å². The lowest BCUT2D eigenvalue weighted by atomic mass is 9.95. The number of sulfonamides is 1. The monoisotopic (exact) mass is 381 g/mol. The summed E-state index contributed by atoms with van der Waals surface area (Å²) in [6, 6.07) is 7.91. The van der Waals surface area contributed by atoms with Crippen LogP contribution in [-0.2, 0) is 10.0 Å². The molecule has 1 aliphatic rings. The molecule has 2 heterocycles. The molecule has 0 N–H and O–H groups in total. The standard InChI is InChI=1S/C18H24ClN3O2S/c1-14(2)21-12-18(20-13-21)25(23,24)22-10-4-3-5-16(11-22)15-6-8-17(19)9-7-15/h6-9,12-14,16H,3-5,10-11H2,1-2H3/t16-/m1/s1. The fourth-order valence-electron chi connectivity index (χ4n) is 3.20. The van der Waals surface area contributed by atoms with Gasteiger partial charge in [0.15, 0.2) is 5.03 Å². The second-order valence-electron chi connectivity index (χ2n) is 6.86. The van der Waals surface area contributed by atoms with Gasteiger partial charge in [0.05, 0.1) is 6.33 Å². The summed E-state index contributed by atoms with van der Waals surface area (Å²) < 4.78 is 29.5. The molecule has 0 radical (unpaired) electrons. The Morgan fingerprint density at radius 1 is 1.20 bits per heavy atom. The van der Waals surface area contributed by atoms with Gasteiger partial charge in [-0.3, -0.25) is 0 Å². The van der Waals surface area contributed by atoms with E-state index in [4.69, 9.17) is 11.6 Å². The molecular weight excluding hydrogens is 358 g/mol. The predicted octanol–water partition coefficient (Wildman–Crippen LogP) is 4.08. The Kier molecular flexibility index (Phi) is 5.51. The Morgan fingerprint density at radius 2 is 1.92 bits per heavy atom. The van der Waals surface area contributed by atoms with Crippen molar-refractivity contribution < 1.29 is 8.42 Å². The molecule has 0 amide bonds. The molecule has 0 unspecified atom stereocenters. The highest BCUT2D eigenvalue weighted by Gasteiger charge is 2.31. The molecule has 1 aromatic carbocycles. The van der Waals surface area contributed by atoms with Crippen LogP contribution in [0.2, 0.25) is 5.02 Å². The van der Waals surface area contributed by atoms with Crippen molar-refractivity contribution in [2.75, 3.05) is 13.1 Å². The van der Waals surface area contributed by atoms with Crippen LogP contribution in [0.4, 0.5) is 0 Å². The maximum Gasteiger partial charge on any atom is 0.262 e. The van der Waals surface area contributed by atoms with E-state index in [1.165, 1.54) is 0 Å². The van der Waals surface area contributed by atoms with Gasteiger partial charge in [-0.15, -0.1) is 0 Å². The smallest absolute Gasteiger partial charge is 0.262 e. The number of hydrogen-bond acceptors (Lipinski definition) is 3. The van der Waals surface area contributed by atoms with Crippen molar-refractivity contribution in [2.45, 2.75) is 50.1 Å². The van der Waals surface area contributed by atoms with Gasteiger partial charge in [0.2, 0.25) is 0 Å². The van der Waals surface area contributed by atoms with E-state index in [9.17, 15) is 8.42 Å². The second kappa shape index (κ2) is 7.48. The summed E-state index contributed by atoms with van der Waals surface area (Å²) in [5.74, 6) is 0.182. The number of aromatic nitrogens is 2. The van der Waals surface area contributed by atoms with Crippen molar-refractivity contribution in [2.24, 2.45) is 0 Å². The van der Waals surface area contributed by atoms with Gasteiger partial charge in [-0.05, 0) is 50.3 Å². The van der Waals surface area contributed by atoms with Crippen molar-refractivity contribution in [1.82, 2.24) is 13.9 Å². The molecule has 2 aromatic rings. The van der Waals surface area contributed by atoms with Crippen LogP contribution in [0.15, 0.2) is 41.8 Å². The third-order valence-corrected chi connectivity index (χ3v) is 6.76. The van der Waals surface area contributed by atoms with Gasteiger partial charge in [0.25, 0.3) is 10.0 Å². The first-order valence-corrected chi connectivity index (χ1v) is 10.5. The van der Waals surface area contributed by atoms with Crippen LogP contribution in [0, 0.1) is 0 Å². The average Bonchev–Trinajstić information content (AvgIpc) is 2.95. The van der Waals surface area contributed by atoms with Crippen molar-refractivity contribution in [3.8, 4) is 0 Å². The molecular formula is C18H24ClN3O2S. The minimum absolute atomic E-state index is 0.137. The summed E-state index contributed by atoms with van der Waals surface area (Å²) >= 11 is 5.98. The fourth-order valence-corrected chi connectivity index (χ4v) is 4.77. The Bertz CT molecular complexity index is 815. The summed E-state index contributed by atoms with van der Waals surface area (Å²) in [6.45, 7) is 5.03. The van der Waals surface area contributed by atoms with Gasteiger partial charge >= 0.3 is 0 Å². The van der Waals surface area contributed by atoms with Crippen LogP contribution in [0.25, 0.3) is 0 Å². The molecule has 0 bridgehead atoms. The molecule has 0 spiro atoms. The van der Waals surface area contributed by atoms with E-state index in [0.29, 0.717) is 18.1 Å². The first-order valence-electron chi connectivity index (χ1n) is 8.67. The summed E-state index contributed by atoms with van der Waals surface area (Å²) in [5, 5.41) is 0.832. The molecule has 7 heteroatoms. The largest absolute Gasteiger partial charge is 0.334 e. The fraction of sp³-hybridized carbons (Fsp3) is 0.500. The van der Waals surface area contributed by atoms with Crippen molar-refractivity contribution in [3.63, 3.8) is 0 Å². The minimum Gasteiger partial charge on any atom is -0.334 e. The van der Waals surface area contributed by atoms with E-state index in [1.54, 1.807) is 16.8 Å². The van der Waals surface area contributed by atoms with Crippen LogP contribution >= 0.6 is 11.6 Å². The Morgan fingerprint density at radius 3 is 2.56 bits per heavy atom. The maximum absolute atomic E-state index is 13.0. The van der Waals surface area contributed by atoms with E-state index in [1.807, 2.05) is 42.7 Å². The molecule has 25 heavy (non-hydrogen) atoms. The highest BCUT2D eigenvalue weighted by atomic mass is 35.5. The zero-order chi connectivity index (χ0) is 18.0. The number of hydrogen-bond donors (Lipinski definition) is 0. The molecule has 136 valence electrons. The SMILES string of the molecule is CC(C)n1cnc(S(=O)(=O)N2CCCC[C@@H](c3ccc(Cl)cc3)C2)c1. The lowest BCUT2D eigenvalue weighted by Gasteiger charge is -2.23. The van der Waals surface area contributed by atoms with Gasteiger partial charge in [-0.2, -0.15) is 4.31 Å². The van der Waals surface area contributed by atoms with Crippen molar-refractivity contribution in [3.05, 3.63) is 47.4 Å². The van der Waals surface area contributed by atoms with E-state index in [2.05, 4.69) is 4.98 Å². The van der Waals surface area contributed by atoms with Crippen LogP contribution < -0.4 is 0 Å². The third-order valence-electron chi connectivity index (χ3n) is 4.75. The topological polar surface area (TPSA) is 55.2 Å². The lowest BCUT2D eigenvalue weighted by Crippen LogP contribution is -2.34. The Balaban J connectivity index is 1.85. The molecule has 1 aliphatic heterocycles. The van der Waals surface area contributed by atoms with E-state index in [-0.39, 0.29) is 17.0 Å². The number of imidazole rings is 1. The van der Waals surface area contributed by atoms with Gasteiger partial charge in [-0.1, -0.05) is 30.2 Å². The highest BCUT2D eigenvalue weighted by Crippen LogP contribution is 2.30. The first-order chi connectivity index (χ1) is 11.9. The summed E-state index contributed by atoms with van der Waals surface area (Å²) in [5.41, 5.74) is 1.14. The quantitative estimate of drug-likeness (QED) is 0.801. The average molecular weight is 382 g/mol. The molecule has 1 atom stereocenters. The predicted molar refractivity (Wildman–Crippen MR) is 99.4 cm³/mol. The molecule has 0 saturated carbocycles. The first kappa shape index (κ1) is 18.4. The third kappa shape index (κ3) is 4.07. The molecule has 1 saturated heterocycles. The molecule has 1 aromatic heterocycles. The lowest BCUT2D eigenvalue weighted by molar-refractivity contribution is 0.404. The van der Waals surface area contributed by atoms with Gasteiger partial charge in [-0.25, -0.2) is 13.4 Å². The van der Waals surface area contributed by atoms with Gasteiger partial charge in [0.1, 0.15) is 0 Å². The number of halogens is 1. The second-order valence-corrected chi connectivity index (χ2v) is 9.18. The Labute approximate surface area is 154 Å². The number of benzene rings is 1. The van der Waals surface area contributed by atoms with Crippen molar-refractivity contribution >= 4 is 21.6 Å². The molecule has 0 aliphatic carbocycles. The van der Waals surface area contributed by atoms with Crippen molar-refractivity contribution in [1.29, 1.82) is 0 Å². The Hall–Kier alpha value is -1.37. The van der Waals surface area contributed by atoms with Crippen LogP contribution in [-0.4, -0.2) is 35.4 Å². The summed E-state index contributed by atoms with van der Waals surface area (Å²) in [4.78, 5) is 4.14. The zero-order valence-electron chi connectivity index (χ0n) is 14.6. The summed E-state index contributed by atoms with van der Waals surface area (Å²) in [7, 11) is -3.57. The van der Waals surface area contributed by atoms with Crippen LogP contribution in [0.5, 0.6) is 0 Å². The molecule has 3 rings (SSSR count). The minimum atomic E-state index is -3.57. The zero-order valence-corrected chi connectivity index (χ0v) is 16.2. The normalized spacial score (nSPS) is 19.9.